The average molecular weight is 254 g/mol. The van der Waals surface area contributed by atoms with Gasteiger partial charge >= 0.3 is 0 Å². The van der Waals surface area contributed by atoms with Gasteiger partial charge < -0.3 is 15.4 Å². The van der Waals surface area contributed by atoms with Crippen molar-refractivity contribution in [3.8, 4) is 0 Å². The Bertz CT molecular complexity index is 276. The Balaban J connectivity index is 1.69. The van der Waals surface area contributed by atoms with E-state index in [9.17, 15) is 0 Å². The topological polar surface area (TPSA) is 48.9 Å². The molecule has 1 aliphatic heterocycles. The Morgan fingerprint density at radius 3 is 2.72 bits per heavy atom. The second kappa shape index (κ2) is 6.95. The minimum atomic E-state index is 0.631. The molecule has 104 valence electrons. The molecule has 2 N–H and O–H groups in total. The van der Waals surface area contributed by atoms with Crippen molar-refractivity contribution in [2.24, 2.45) is 10.9 Å². The zero-order valence-corrected chi connectivity index (χ0v) is 11.6. The maximum atomic E-state index is 5.34. The van der Waals surface area contributed by atoms with Gasteiger partial charge in [-0.2, -0.15) is 0 Å². The summed E-state index contributed by atoms with van der Waals surface area (Å²) in [6, 6.07) is 0.631. The van der Waals surface area contributed by atoms with Gasteiger partial charge in [0.05, 0.1) is 19.8 Å². The van der Waals surface area contributed by atoms with Crippen LogP contribution in [-0.2, 0) is 4.74 Å². The largest absolute Gasteiger partial charge is 0.379 e. The smallest absolute Gasteiger partial charge is 0.191 e. The molecule has 18 heavy (non-hydrogen) atoms. The first-order valence-corrected chi connectivity index (χ1v) is 7.14. The molecule has 2 fully saturated rings. The third-order valence-corrected chi connectivity index (χ3v) is 3.57. The zero-order chi connectivity index (χ0) is 12.8. The van der Waals surface area contributed by atoms with Gasteiger partial charge in [0, 0.05) is 32.2 Å². The van der Waals surface area contributed by atoms with Crippen LogP contribution in [0.25, 0.3) is 0 Å². The van der Waals surface area contributed by atoms with Crippen molar-refractivity contribution in [1.82, 2.24) is 15.5 Å². The third kappa shape index (κ3) is 4.46. The molecule has 0 aromatic heterocycles. The van der Waals surface area contributed by atoms with Crippen molar-refractivity contribution in [3.63, 3.8) is 0 Å². The number of rotatable bonds is 5. The molecule has 2 rings (SSSR count). The Hall–Kier alpha value is -0.810. The Morgan fingerprint density at radius 2 is 2.11 bits per heavy atom. The first kappa shape index (κ1) is 13.6. The molecule has 1 heterocycles. The van der Waals surface area contributed by atoms with Crippen molar-refractivity contribution in [3.05, 3.63) is 0 Å². The fourth-order valence-corrected chi connectivity index (χ4v) is 2.15. The highest BCUT2D eigenvalue weighted by atomic mass is 16.5. The summed E-state index contributed by atoms with van der Waals surface area (Å²) in [7, 11) is 0. The SMILES string of the molecule is CCNC(=NCCN1CCOCC1)NC1CC1C. The van der Waals surface area contributed by atoms with Gasteiger partial charge in [0.2, 0.25) is 0 Å². The van der Waals surface area contributed by atoms with E-state index in [-0.39, 0.29) is 0 Å². The van der Waals surface area contributed by atoms with Crippen LogP contribution in [0.3, 0.4) is 0 Å². The van der Waals surface area contributed by atoms with Gasteiger partial charge in [-0.15, -0.1) is 0 Å². The van der Waals surface area contributed by atoms with Gasteiger partial charge in [-0.1, -0.05) is 6.92 Å². The number of nitrogens with zero attached hydrogens (tertiary/aromatic N) is 2. The summed E-state index contributed by atoms with van der Waals surface area (Å²) in [6.45, 7) is 11.0. The molecular weight excluding hydrogens is 228 g/mol. The van der Waals surface area contributed by atoms with Gasteiger partial charge in [-0.25, -0.2) is 0 Å². The maximum Gasteiger partial charge on any atom is 0.191 e. The highest BCUT2D eigenvalue weighted by Gasteiger charge is 2.33. The first-order valence-electron chi connectivity index (χ1n) is 7.14. The molecule has 0 amide bonds. The van der Waals surface area contributed by atoms with E-state index in [1.54, 1.807) is 0 Å². The fraction of sp³-hybridized carbons (Fsp3) is 0.923. The molecule has 1 saturated carbocycles. The number of aliphatic imine (C=N–C) groups is 1. The molecule has 5 heteroatoms. The molecular formula is C13H26N4O. The monoisotopic (exact) mass is 254 g/mol. The van der Waals surface area contributed by atoms with E-state index in [0.717, 1.165) is 57.8 Å². The van der Waals surface area contributed by atoms with Crippen LogP contribution in [0.15, 0.2) is 4.99 Å². The average Bonchev–Trinajstić information content (AvgIpc) is 3.06. The van der Waals surface area contributed by atoms with Crippen LogP contribution in [-0.4, -0.2) is 62.8 Å². The molecule has 2 aliphatic rings. The van der Waals surface area contributed by atoms with Crippen LogP contribution < -0.4 is 10.6 Å². The molecule has 2 unspecified atom stereocenters. The molecule has 1 saturated heterocycles. The van der Waals surface area contributed by atoms with Gasteiger partial charge in [-0.05, 0) is 19.3 Å². The lowest BCUT2D eigenvalue weighted by Gasteiger charge is -2.25. The van der Waals surface area contributed by atoms with Crippen LogP contribution in [0, 0.1) is 5.92 Å². The van der Waals surface area contributed by atoms with Gasteiger partial charge in [0.1, 0.15) is 0 Å². The van der Waals surface area contributed by atoms with Crippen molar-refractivity contribution >= 4 is 5.96 Å². The number of morpholine rings is 1. The predicted octanol–water partition coefficient (Wildman–Crippen LogP) is 0.282. The highest BCUT2D eigenvalue weighted by Crippen LogP contribution is 2.28. The molecule has 2 atom stereocenters. The number of hydrogen-bond donors (Lipinski definition) is 2. The number of hydrogen-bond acceptors (Lipinski definition) is 3. The number of nitrogens with one attached hydrogen (secondary N) is 2. The summed E-state index contributed by atoms with van der Waals surface area (Å²) in [6.07, 6.45) is 1.27. The van der Waals surface area contributed by atoms with Crippen molar-refractivity contribution < 1.29 is 4.74 Å². The Kier molecular flexibility index (Phi) is 5.26. The maximum absolute atomic E-state index is 5.34. The van der Waals surface area contributed by atoms with Crippen LogP contribution in [0.5, 0.6) is 0 Å². The van der Waals surface area contributed by atoms with Gasteiger partial charge in [0.25, 0.3) is 0 Å². The van der Waals surface area contributed by atoms with E-state index in [2.05, 4.69) is 34.4 Å². The first-order chi connectivity index (χ1) is 8.79. The minimum Gasteiger partial charge on any atom is -0.379 e. The quantitative estimate of drug-likeness (QED) is 0.547. The highest BCUT2D eigenvalue weighted by molar-refractivity contribution is 5.80. The van der Waals surface area contributed by atoms with Gasteiger partial charge in [-0.3, -0.25) is 9.89 Å². The molecule has 0 aromatic rings. The van der Waals surface area contributed by atoms with Crippen molar-refractivity contribution in [2.45, 2.75) is 26.3 Å². The van der Waals surface area contributed by atoms with Crippen LogP contribution in [0.1, 0.15) is 20.3 Å². The standard InChI is InChI=1S/C13H26N4O/c1-3-14-13(16-12-10-11(12)2)15-4-5-17-6-8-18-9-7-17/h11-12H,3-10H2,1-2H3,(H2,14,15,16). The summed E-state index contributed by atoms with van der Waals surface area (Å²) in [5.41, 5.74) is 0. The summed E-state index contributed by atoms with van der Waals surface area (Å²) in [5, 5.41) is 6.78. The van der Waals surface area contributed by atoms with E-state index < -0.39 is 0 Å². The van der Waals surface area contributed by atoms with E-state index in [4.69, 9.17) is 4.74 Å². The van der Waals surface area contributed by atoms with Crippen molar-refractivity contribution in [1.29, 1.82) is 0 Å². The molecule has 0 radical (unpaired) electrons. The number of ether oxygens (including phenoxy) is 1. The Morgan fingerprint density at radius 1 is 1.39 bits per heavy atom. The second-order valence-electron chi connectivity index (χ2n) is 5.18. The normalized spacial score (nSPS) is 29.1. The van der Waals surface area contributed by atoms with Crippen molar-refractivity contribution in [2.75, 3.05) is 45.9 Å². The zero-order valence-electron chi connectivity index (χ0n) is 11.6. The number of guanidine groups is 1. The fourth-order valence-electron chi connectivity index (χ4n) is 2.15. The summed E-state index contributed by atoms with van der Waals surface area (Å²) in [4.78, 5) is 7.05. The van der Waals surface area contributed by atoms with E-state index in [1.165, 1.54) is 6.42 Å². The van der Waals surface area contributed by atoms with E-state index in [0.29, 0.717) is 6.04 Å². The van der Waals surface area contributed by atoms with E-state index >= 15 is 0 Å². The molecule has 0 bridgehead atoms. The predicted molar refractivity (Wildman–Crippen MR) is 73.9 cm³/mol. The van der Waals surface area contributed by atoms with Gasteiger partial charge in [0.15, 0.2) is 5.96 Å². The van der Waals surface area contributed by atoms with Crippen LogP contribution in [0.2, 0.25) is 0 Å². The molecule has 0 aromatic carbocycles. The van der Waals surface area contributed by atoms with E-state index in [1.807, 2.05) is 0 Å². The third-order valence-electron chi connectivity index (χ3n) is 3.57. The molecule has 1 aliphatic carbocycles. The summed E-state index contributed by atoms with van der Waals surface area (Å²) in [5.74, 6) is 1.77. The minimum absolute atomic E-state index is 0.631. The lowest BCUT2D eigenvalue weighted by atomic mass is 10.4. The van der Waals surface area contributed by atoms with Crippen LogP contribution in [0.4, 0.5) is 0 Å². The summed E-state index contributed by atoms with van der Waals surface area (Å²) >= 11 is 0. The second-order valence-corrected chi connectivity index (χ2v) is 5.18. The molecule has 5 nitrogen and oxygen atoms in total. The lowest BCUT2D eigenvalue weighted by molar-refractivity contribution is 0.0394. The lowest BCUT2D eigenvalue weighted by Crippen LogP contribution is -2.41. The Labute approximate surface area is 110 Å². The summed E-state index contributed by atoms with van der Waals surface area (Å²) < 4.78 is 5.34. The molecule has 0 spiro atoms. The van der Waals surface area contributed by atoms with Crippen LogP contribution >= 0.6 is 0 Å².